The summed E-state index contributed by atoms with van der Waals surface area (Å²) in [5.41, 5.74) is 2.81. The molecule has 0 saturated heterocycles. The fourth-order valence-electron chi connectivity index (χ4n) is 3.34. The van der Waals surface area contributed by atoms with Crippen molar-refractivity contribution < 1.29 is 4.74 Å². The Bertz CT molecular complexity index is 742. The lowest BCUT2D eigenvalue weighted by Gasteiger charge is -2.25. The summed E-state index contributed by atoms with van der Waals surface area (Å²) >= 11 is 0. The molecule has 0 saturated carbocycles. The molecule has 27 heavy (non-hydrogen) atoms. The number of rotatable bonds is 8. The Morgan fingerprint density at radius 2 is 2.22 bits per heavy atom. The minimum Gasteiger partial charge on any atom is -0.373 e. The molecule has 3 rings (SSSR count). The number of nitrogens with one attached hydrogen (secondary N) is 2. The molecule has 1 aliphatic carbocycles. The van der Waals surface area contributed by atoms with E-state index < -0.39 is 0 Å². The molecule has 2 aromatic rings. The average Bonchev–Trinajstić information content (AvgIpc) is 3.10. The second-order valence-corrected chi connectivity index (χ2v) is 6.73. The maximum absolute atomic E-state index is 6.16. The summed E-state index contributed by atoms with van der Waals surface area (Å²) in [6.45, 7) is 4.94. The molecule has 7 nitrogen and oxygen atoms in total. The van der Waals surface area contributed by atoms with Crippen molar-refractivity contribution in [2.75, 3.05) is 19.7 Å². The second-order valence-electron chi connectivity index (χ2n) is 6.73. The predicted octanol–water partition coefficient (Wildman–Crippen LogP) is 2.35. The van der Waals surface area contributed by atoms with E-state index in [-0.39, 0.29) is 6.10 Å². The Morgan fingerprint density at radius 3 is 3.04 bits per heavy atom. The molecule has 0 aliphatic heterocycles. The van der Waals surface area contributed by atoms with Crippen LogP contribution in [0.25, 0.3) is 0 Å². The van der Waals surface area contributed by atoms with Crippen LogP contribution >= 0.6 is 0 Å². The van der Waals surface area contributed by atoms with Gasteiger partial charge in [0.2, 0.25) is 0 Å². The van der Waals surface area contributed by atoms with Crippen molar-refractivity contribution in [3.05, 3.63) is 47.5 Å². The van der Waals surface area contributed by atoms with Crippen LogP contribution < -0.4 is 10.6 Å². The molecule has 146 valence electrons. The highest BCUT2D eigenvalue weighted by Crippen LogP contribution is 2.32. The molecule has 1 atom stereocenters. The number of ether oxygens (including phenoxy) is 1. The van der Waals surface area contributed by atoms with Gasteiger partial charge in [-0.25, -0.2) is 9.98 Å². The molecule has 0 radical (unpaired) electrons. The number of aliphatic imine (C=N–C) groups is 1. The van der Waals surface area contributed by atoms with Crippen LogP contribution in [0.2, 0.25) is 0 Å². The van der Waals surface area contributed by atoms with E-state index in [0.717, 1.165) is 44.3 Å². The molecule has 1 aromatic carbocycles. The van der Waals surface area contributed by atoms with Crippen LogP contribution in [0.15, 0.2) is 35.6 Å². The zero-order chi connectivity index (χ0) is 18.9. The number of nitrogens with zero attached hydrogens (tertiary/aromatic N) is 4. The average molecular weight is 371 g/mol. The first-order chi connectivity index (χ1) is 13.3. The molecule has 1 aliphatic rings. The highest BCUT2D eigenvalue weighted by atomic mass is 16.5. The minimum absolute atomic E-state index is 0.243. The van der Waals surface area contributed by atoms with Crippen molar-refractivity contribution in [3.8, 4) is 0 Å². The van der Waals surface area contributed by atoms with Crippen LogP contribution in [0.5, 0.6) is 0 Å². The lowest BCUT2D eigenvalue weighted by Crippen LogP contribution is -2.38. The van der Waals surface area contributed by atoms with Crippen LogP contribution in [-0.4, -0.2) is 40.4 Å². The molecule has 0 fully saturated rings. The van der Waals surface area contributed by atoms with E-state index in [1.807, 2.05) is 7.05 Å². The van der Waals surface area contributed by atoms with Crippen LogP contribution in [0, 0.1) is 0 Å². The minimum atomic E-state index is 0.243. The van der Waals surface area contributed by atoms with Crippen LogP contribution in [0.1, 0.15) is 49.2 Å². The summed E-state index contributed by atoms with van der Waals surface area (Å²) in [5.74, 6) is 1.63. The van der Waals surface area contributed by atoms with E-state index in [2.05, 4.69) is 56.9 Å². The SMILES string of the molecule is CCNC(=NCc1ncnn1C)NCCCOC1CCCc2ccccc21. The van der Waals surface area contributed by atoms with Gasteiger partial charge in [-0.05, 0) is 43.7 Å². The van der Waals surface area contributed by atoms with E-state index in [1.165, 1.54) is 24.0 Å². The Kier molecular flexibility index (Phi) is 7.21. The highest BCUT2D eigenvalue weighted by molar-refractivity contribution is 5.79. The van der Waals surface area contributed by atoms with Gasteiger partial charge in [-0.3, -0.25) is 4.68 Å². The number of benzene rings is 1. The van der Waals surface area contributed by atoms with E-state index >= 15 is 0 Å². The largest absolute Gasteiger partial charge is 0.373 e. The standard InChI is InChI=1S/C20H30N6O/c1-3-21-20(23-14-19-24-15-25-26(19)2)22-12-7-13-27-18-11-6-9-16-8-4-5-10-17(16)18/h4-5,8,10,15,18H,3,6-7,9,11-14H2,1-2H3,(H2,21,22,23). The topological polar surface area (TPSA) is 76.4 Å². The van der Waals surface area contributed by atoms with Crippen LogP contribution in [-0.2, 0) is 24.8 Å². The number of hydrogen-bond acceptors (Lipinski definition) is 4. The number of hydrogen-bond donors (Lipinski definition) is 2. The van der Waals surface area contributed by atoms with Crippen molar-refractivity contribution in [2.45, 2.75) is 45.3 Å². The third-order valence-electron chi connectivity index (χ3n) is 4.77. The van der Waals surface area contributed by atoms with Gasteiger partial charge in [-0.1, -0.05) is 24.3 Å². The highest BCUT2D eigenvalue weighted by Gasteiger charge is 2.19. The van der Waals surface area contributed by atoms with Crippen molar-refractivity contribution in [3.63, 3.8) is 0 Å². The van der Waals surface area contributed by atoms with E-state index in [0.29, 0.717) is 6.54 Å². The summed E-state index contributed by atoms with van der Waals surface area (Å²) < 4.78 is 7.90. The smallest absolute Gasteiger partial charge is 0.191 e. The Hall–Kier alpha value is -2.41. The van der Waals surface area contributed by atoms with Gasteiger partial charge in [-0.2, -0.15) is 5.10 Å². The van der Waals surface area contributed by atoms with Gasteiger partial charge in [0.1, 0.15) is 18.7 Å². The Labute approximate surface area is 161 Å². The molecule has 1 aromatic heterocycles. The molecule has 0 bridgehead atoms. The molecular weight excluding hydrogens is 340 g/mol. The third-order valence-corrected chi connectivity index (χ3v) is 4.77. The molecule has 7 heteroatoms. The zero-order valence-electron chi connectivity index (χ0n) is 16.3. The monoisotopic (exact) mass is 370 g/mol. The van der Waals surface area contributed by atoms with Crippen LogP contribution in [0.4, 0.5) is 0 Å². The van der Waals surface area contributed by atoms with Crippen molar-refractivity contribution in [1.29, 1.82) is 0 Å². The lowest BCUT2D eigenvalue weighted by atomic mass is 9.89. The zero-order valence-corrected chi connectivity index (χ0v) is 16.3. The predicted molar refractivity (Wildman–Crippen MR) is 107 cm³/mol. The van der Waals surface area contributed by atoms with Crippen molar-refractivity contribution in [1.82, 2.24) is 25.4 Å². The van der Waals surface area contributed by atoms with Gasteiger partial charge in [0, 0.05) is 26.7 Å². The van der Waals surface area contributed by atoms with Crippen LogP contribution in [0.3, 0.4) is 0 Å². The van der Waals surface area contributed by atoms with E-state index in [4.69, 9.17) is 4.74 Å². The molecule has 1 unspecified atom stereocenters. The maximum atomic E-state index is 6.16. The first kappa shape index (κ1) is 19.4. The maximum Gasteiger partial charge on any atom is 0.191 e. The first-order valence-electron chi connectivity index (χ1n) is 9.82. The fourth-order valence-corrected chi connectivity index (χ4v) is 3.34. The van der Waals surface area contributed by atoms with Gasteiger partial charge in [0.05, 0.1) is 6.10 Å². The second kappa shape index (κ2) is 10.1. The third kappa shape index (κ3) is 5.53. The number of fused-ring (bicyclic) bond motifs is 1. The molecule has 0 amide bonds. The quantitative estimate of drug-likeness (QED) is 0.424. The first-order valence-corrected chi connectivity index (χ1v) is 9.82. The molecule has 0 spiro atoms. The number of guanidine groups is 1. The summed E-state index contributed by atoms with van der Waals surface area (Å²) in [7, 11) is 1.87. The molecular formula is C20H30N6O. The van der Waals surface area contributed by atoms with Gasteiger partial charge in [0.15, 0.2) is 5.96 Å². The Balaban J connectivity index is 1.41. The Morgan fingerprint density at radius 1 is 1.33 bits per heavy atom. The summed E-state index contributed by atoms with van der Waals surface area (Å²) in [6.07, 6.45) is 6.23. The molecule has 2 N–H and O–H groups in total. The van der Waals surface area contributed by atoms with Gasteiger partial charge >= 0.3 is 0 Å². The van der Waals surface area contributed by atoms with E-state index in [9.17, 15) is 0 Å². The van der Waals surface area contributed by atoms with Gasteiger partial charge < -0.3 is 15.4 Å². The van der Waals surface area contributed by atoms with Gasteiger partial charge in [0.25, 0.3) is 0 Å². The van der Waals surface area contributed by atoms with Crippen molar-refractivity contribution in [2.24, 2.45) is 12.0 Å². The lowest BCUT2D eigenvalue weighted by molar-refractivity contribution is 0.0398. The summed E-state index contributed by atoms with van der Waals surface area (Å²) in [4.78, 5) is 8.76. The van der Waals surface area contributed by atoms with Crippen molar-refractivity contribution >= 4 is 5.96 Å². The summed E-state index contributed by atoms with van der Waals surface area (Å²) in [5, 5.41) is 10.7. The normalized spacial score (nSPS) is 16.8. The summed E-state index contributed by atoms with van der Waals surface area (Å²) in [6, 6.07) is 8.66. The number of aryl methyl sites for hydroxylation is 2. The molecule has 1 heterocycles. The van der Waals surface area contributed by atoms with Gasteiger partial charge in [-0.15, -0.1) is 0 Å². The van der Waals surface area contributed by atoms with E-state index in [1.54, 1.807) is 11.0 Å². The number of aromatic nitrogens is 3. The fraction of sp³-hybridized carbons (Fsp3) is 0.550.